The third-order valence-electron chi connectivity index (χ3n) is 8.30. The minimum absolute atomic E-state index is 0.149. The molecule has 0 saturated carbocycles. The van der Waals surface area contributed by atoms with Gasteiger partial charge in [0.25, 0.3) is 0 Å². The van der Waals surface area contributed by atoms with Gasteiger partial charge in [-0.2, -0.15) is 0 Å². The molecule has 304 valence electrons. The van der Waals surface area contributed by atoms with Crippen LogP contribution in [0.3, 0.4) is 0 Å². The minimum atomic E-state index is -4.41. The van der Waals surface area contributed by atoms with Gasteiger partial charge in [0.2, 0.25) is 10.4 Å². The fraction of sp³-hybridized carbons (Fsp3) is 0.857. The van der Waals surface area contributed by atoms with Gasteiger partial charge in [0.05, 0.1) is 28.3 Å². The first-order chi connectivity index (χ1) is 24.8. The zero-order valence-electron chi connectivity index (χ0n) is 34.2. The summed E-state index contributed by atoms with van der Waals surface area (Å²) in [5.74, 6) is 12.6. The van der Waals surface area contributed by atoms with Crippen molar-refractivity contribution in [3.63, 3.8) is 0 Å². The quantitative estimate of drug-likeness (QED) is 0.0171. The average molecular weight is 756 g/mol. The number of rotatable bonds is 31. The van der Waals surface area contributed by atoms with Gasteiger partial charge in [-0.1, -0.05) is 110 Å². The maximum Gasteiger partial charge on any atom is 0.306 e. The van der Waals surface area contributed by atoms with Crippen molar-refractivity contribution in [2.24, 2.45) is 0 Å². The van der Waals surface area contributed by atoms with Crippen LogP contribution >= 0.6 is 0 Å². The van der Waals surface area contributed by atoms with E-state index in [1.807, 2.05) is 0 Å². The summed E-state index contributed by atoms with van der Waals surface area (Å²) in [7, 11) is 2.59. The normalized spacial score (nSPS) is 11.7. The van der Waals surface area contributed by atoms with Gasteiger partial charge in [-0.25, -0.2) is 8.42 Å². The molecule has 0 spiro atoms. The summed E-state index contributed by atoms with van der Waals surface area (Å²) < 4.78 is 43.0. The van der Waals surface area contributed by atoms with Crippen molar-refractivity contribution in [2.75, 3.05) is 41.4 Å². The second-order valence-electron chi connectivity index (χ2n) is 14.8. The van der Waals surface area contributed by atoms with Crippen LogP contribution in [0.25, 0.3) is 0 Å². The van der Waals surface area contributed by atoms with E-state index in [9.17, 15) is 22.6 Å². The van der Waals surface area contributed by atoms with E-state index in [2.05, 4.69) is 62.9 Å². The summed E-state index contributed by atoms with van der Waals surface area (Å²) >= 11 is 0. The Labute approximate surface area is 320 Å². The number of unbranched alkanes of at least 4 members (excludes halogenated alkanes) is 21. The second kappa shape index (κ2) is 37.2. The maximum atomic E-state index is 12.6. The van der Waals surface area contributed by atoms with Crippen molar-refractivity contribution in [3.8, 4) is 23.7 Å². The molecule has 0 aliphatic rings. The highest BCUT2D eigenvalue weighted by atomic mass is 32.3. The van der Waals surface area contributed by atoms with Crippen molar-refractivity contribution >= 4 is 22.3 Å². The molecule has 0 aromatic rings. The van der Waals surface area contributed by atoms with Gasteiger partial charge in [0.15, 0.2) is 6.10 Å². The predicted molar refractivity (Wildman–Crippen MR) is 212 cm³/mol. The number of carbonyl (C=O) groups is 2. The first-order valence-electron chi connectivity index (χ1n) is 20.4. The molecule has 9 nitrogen and oxygen atoms in total. The molecule has 0 heterocycles. The SMILES string of the molecule is CCCC#CCCCCCCCCCCCCC(=O)OC(COC(=O)CCCCCCCCCCCC#CCCC)C[N+](C)(C)C.COS(=O)(=O)[O-]. The summed E-state index contributed by atoms with van der Waals surface area (Å²) in [6, 6.07) is 0. The summed E-state index contributed by atoms with van der Waals surface area (Å²) in [6.45, 7) is 5.12. The molecule has 0 bridgehead atoms. The fourth-order valence-corrected chi connectivity index (χ4v) is 5.46. The van der Waals surface area contributed by atoms with Crippen LogP contribution in [0, 0.1) is 23.7 Å². The van der Waals surface area contributed by atoms with Gasteiger partial charge in [0.1, 0.15) is 13.2 Å². The fourth-order valence-electron chi connectivity index (χ4n) is 5.46. The van der Waals surface area contributed by atoms with Crippen LogP contribution in [0.5, 0.6) is 0 Å². The Morgan fingerprint density at radius 3 is 1.25 bits per heavy atom. The number of hydrogen-bond donors (Lipinski definition) is 0. The van der Waals surface area contributed by atoms with Gasteiger partial charge < -0.3 is 18.5 Å². The van der Waals surface area contributed by atoms with E-state index < -0.39 is 16.5 Å². The number of esters is 2. The lowest BCUT2D eigenvalue weighted by Gasteiger charge is -2.28. The summed E-state index contributed by atoms with van der Waals surface area (Å²) in [5.41, 5.74) is 0. The van der Waals surface area contributed by atoms with Crippen molar-refractivity contribution in [2.45, 2.75) is 193 Å². The van der Waals surface area contributed by atoms with Crippen LogP contribution in [-0.2, 0) is 33.6 Å². The molecule has 0 saturated heterocycles. The number of hydrogen-bond acceptors (Lipinski definition) is 8. The lowest BCUT2D eigenvalue weighted by Crippen LogP contribution is -2.45. The number of carbonyl (C=O) groups excluding carboxylic acids is 2. The molecule has 0 aromatic carbocycles. The molecule has 10 heteroatoms. The van der Waals surface area contributed by atoms with Crippen LogP contribution < -0.4 is 0 Å². The van der Waals surface area contributed by atoms with Crippen molar-refractivity contribution in [1.82, 2.24) is 0 Å². The van der Waals surface area contributed by atoms with Crippen LogP contribution in [0.1, 0.15) is 187 Å². The van der Waals surface area contributed by atoms with E-state index in [0.717, 1.165) is 71.3 Å². The first-order valence-corrected chi connectivity index (χ1v) is 21.8. The zero-order chi connectivity index (χ0) is 39.2. The molecule has 52 heavy (non-hydrogen) atoms. The largest absolute Gasteiger partial charge is 0.726 e. The topological polar surface area (TPSA) is 119 Å². The molecular weight excluding hydrogens is 679 g/mol. The Morgan fingerprint density at radius 1 is 0.577 bits per heavy atom. The minimum Gasteiger partial charge on any atom is -0.726 e. The van der Waals surface area contributed by atoms with E-state index in [0.29, 0.717) is 23.9 Å². The van der Waals surface area contributed by atoms with Crippen molar-refractivity contribution in [3.05, 3.63) is 0 Å². The van der Waals surface area contributed by atoms with Crippen LogP contribution in [-0.4, -0.2) is 76.9 Å². The lowest BCUT2D eigenvalue weighted by molar-refractivity contribution is -0.873. The van der Waals surface area contributed by atoms with Gasteiger partial charge in [-0.3, -0.25) is 13.8 Å². The van der Waals surface area contributed by atoms with Gasteiger partial charge in [0, 0.05) is 38.5 Å². The van der Waals surface area contributed by atoms with Crippen molar-refractivity contribution < 1.29 is 40.7 Å². The number of nitrogens with zero attached hydrogens (tertiary/aromatic N) is 1. The molecule has 0 aliphatic heterocycles. The van der Waals surface area contributed by atoms with E-state index in [-0.39, 0.29) is 18.5 Å². The molecule has 0 aliphatic carbocycles. The molecule has 1 unspecified atom stereocenters. The zero-order valence-corrected chi connectivity index (χ0v) is 35.0. The van der Waals surface area contributed by atoms with E-state index in [1.54, 1.807) is 0 Å². The molecule has 0 radical (unpaired) electrons. The van der Waals surface area contributed by atoms with Crippen LogP contribution in [0.15, 0.2) is 0 Å². The van der Waals surface area contributed by atoms with Gasteiger partial charge >= 0.3 is 11.9 Å². The third-order valence-corrected chi connectivity index (χ3v) is 8.71. The number of quaternary nitrogens is 1. The van der Waals surface area contributed by atoms with Crippen molar-refractivity contribution in [1.29, 1.82) is 0 Å². The molecule has 0 fully saturated rings. The standard InChI is InChI=1S/C41H74NO4.CH4O4S/c1-6-8-10-12-14-16-18-20-22-24-26-28-30-32-34-36-41(44)46-39(37-42(3,4)5)38-45-40(43)35-33-31-29-27-25-23-21-19-17-15-13-11-9-7-2;1-5-6(2,3)4/h39H,6-9,14-38H2,1-5H3;1H3,(H,2,3,4)/q+1;/p-1. The highest BCUT2D eigenvalue weighted by Crippen LogP contribution is 2.14. The molecule has 0 aromatic heterocycles. The maximum absolute atomic E-state index is 12.6. The Hall–Kier alpha value is -2.11. The lowest BCUT2D eigenvalue weighted by atomic mass is 10.1. The monoisotopic (exact) mass is 756 g/mol. The Kier molecular flexibility index (Phi) is 37.2. The summed E-state index contributed by atoms with van der Waals surface area (Å²) in [4.78, 5) is 24.9. The first kappa shape index (κ1) is 52.0. The Balaban J connectivity index is 0. The average Bonchev–Trinajstić information content (AvgIpc) is 3.08. The van der Waals surface area contributed by atoms with Crippen LogP contribution in [0.2, 0.25) is 0 Å². The smallest absolute Gasteiger partial charge is 0.306 e. The number of likely N-dealkylation sites (N-methyl/N-ethyl adjacent to an activating group) is 1. The van der Waals surface area contributed by atoms with E-state index in [4.69, 9.17) is 9.47 Å². The molecule has 1 atom stereocenters. The molecular formula is C42H77NO8S. The molecule has 0 N–H and O–H groups in total. The van der Waals surface area contributed by atoms with Gasteiger partial charge in [-0.15, -0.1) is 23.7 Å². The van der Waals surface area contributed by atoms with Gasteiger partial charge in [-0.05, 0) is 38.5 Å². The van der Waals surface area contributed by atoms with E-state index in [1.165, 1.54) is 96.3 Å². The van der Waals surface area contributed by atoms with Crippen LogP contribution in [0.4, 0.5) is 0 Å². The highest BCUT2D eigenvalue weighted by molar-refractivity contribution is 7.80. The highest BCUT2D eigenvalue weighted by Gasteiger charge is 2.23. The predicted octanol–water partition coefficient (Wildman–Crippen LogP) is 9.82. The Morgan fingerprint density at radius 2 is 0.904 bits per heavy atom. The summed E-state index contributed by atoms with van der Waals surface area (Å²) in [5, 5.41) is 0. The Bertz CT molecular complexity index is 1080. The molecule has 0 amide bonds. The summed E-state index contributed by atoms with van der Waals surface area (Å²) in [6.07, 6.45) is 29.8. The number of ether oxygens (including phenoxy) is 2. The molecule has 0 rings (SSSR count). The third kappa shape index (κ3) is 45.9. The van der Waals surface area contributed by atoms with E-state index >= 15 is 0 Å². The second-order valence-corrected chi connectivity index (χ2v) is 15.9.